The van der Waals surface area contributed by atoms with Crippen LogP contribution in [0, 0.1) is 5.92 Å². The van der Waals surface area contributed by atoms with Crippen LogP contribution in [0.15, 0.2) is 67.1 Å². The molecule has 0 spiro atoms. The molecule has 0 aliphatic carbocycles. The van der Waals surface area contributed by atoms with E-state index >= 15 is 0 Å². The third kappa shape index (κ3) is 4.39. The Labute approximate surface area is 165 Å². The van der Waals surface area contributed by atoms with E-state index in [2.05, 4.69) is 20.3 Å². The summed E-state index contributed by atoms with van der Waals surface area (Å²) in [7, 11) is 0. The topological polar surface area (TPSA) is 63.1 Å². The Morgan fingerprint density at radius 2 is 2.00 bits per heavy atom. The molecular weight excluding hydrogens is 350 g/mol. The second kappa shape index (κ2) is 8.69. The van der Waals surface area contributed by atoms with Gasteiger partial charge in [-0.05, 0) is 49.1 Å². The van der Waals surface area contributed by atoms with Crippen molar-refractivity contribution in [2.75, 3.05) is 24.5 Å². The molecule has 28 heavy (non-hydrogen) atoms. The number of pyridine rings is 1. The van der Waals surface area contributed by atoms with Crippen LogP contribution in [0.25, 0.3) is 5.69 Å². The number of hydrogen-bond donors (Lipinski definition) is 1. The van der Waals surface area contributed by atoms with Gasteiger partial charge in [-0.25, -0.2) is 9.67 Å². The molecule has 1 aliphatic rings. The van der Waals surface area contributed by atoms with Gasteiger partial charge in [-0.2, -0.15) is 5.10 Å². The van der Waals surface area contributed by atoms with E-state index < -0.39 is 0 Å². The molecule has 6 nitrogen and oxygen atoms in total. The first-order valence-corrected chi connectivity index (χ1v) is 9.82. The first-order chi connectivity index (χ1) is 13.8. The number of carbonyl (C=O) groups excluding carboxylic acids is 1. The van der Waals surface area contributed by atoms with Crippen molar-refractivity contribution in [2.45, 2.75) is 19.3 Å². The summed E-state index contributed by atoms with van der Waals surface area (Å²) in [6.07, 6.45) is 8.40. The van der Waals surface area contributed by atoms with E-state index in [1.54, 1.807) is 6.20 Å². The number of anilines is 1. The SMILES string of the molecule is O=C(NCCc1cnn(-c2ccccc2)c1)C1CCCN(c2ccccn2)C1. The van der Waals surface area contributed by atoms with E-state index in [0.717, 1.165) is 49.4 Å². The van der Waals surface area contributed by atoms with Gasteiger partial charge in [0, 0.05) is 32.0 Å². The molecule has 1 atom stereocenters. The van der Waals surface area contributed by atoms with Crippen LogP contribution in [-0.4, -0.2) is 40.3 Å². The minimum atomic E-state index is 0.0165. The van der Waals surface area contributed by atoms with Crippen LogP contribution in [0.3, 0.4) is 0 Å². The lowest BCUT2D eigenvalue weighted by atomic mass is 9.97. The van der Waals surface area contributed by atoms with Crippen LogP contribution in [0.2, 0.25) is 0 Å². The smallest absolute Gasteiger partial charge is 0.224 e. The minimum Gasteiger partial charge on any atom is -0.356 e. The maximum Gasteiger partial charge on any atom is 0.224 e. The zero-order chi connectivity index (χ0) is 19.2. The number of piperidine rings is 1. The van der Waals surface area contributed by atoms with Crippen molar-refractivity contribution in [1.82, 2.24) is 20.1 Å². The fraction of sp³-hybridized carbons (Fsp3) is 0.318. The molecule has 1 fully saturated rings. The number of hydrogen-bond acceptors (Lipinski definition) is 4. The zero-order valence-corrected chi connectivity index (χ0v) is 15.9. The van der Waals surface area contributed by atoms with Gasteiger partial charge < -0.3 is 10.2 Å². The molecular formula is C22H25N5O. The van der Waals surface area contributed by atoms with Gasteiger partial charge in [0.2, 0.25) is 5.91 Å². The van der Waals surface area contributed by atoms with Crippen LogP contribution in [-0.2, 0) is 11.2 Å². The van der Waals surface area contributed by atoms with Gasteiger partial charge in [-0.1, -0.05) is 24.3 Å². The van der Waals surface area contributed by atoms with Gasteiger partial charge in [-0.3, -0.25) is 4.79 Å². The largest absolute Gasteiger partial charge is 0.356 e. The maximum absolute atomic E-state index is 12.6. The van der Waals surface area contributed by atoms with Crippen LogP contribution in [0.4, 0.5) is 5.82 Å². The number of amides is 1. The molecule has 4 rings (SSSR count). The van der Waals surface area contributed by atoms with Crippen molar-refractivity contribution in [3.8, 4) is 5.69 Å². The fourth-order valence-electron chi connectivity index (χ4n) is 3.63. The molecule has 0 bridgehead atoms. The van der Waals surface area contributed by atoms with E-state index in [4.69, 9.17) is 0 Å². The average Bonchev–Trinajstić information content (AvgIpc) is 3.24. The number of rotatable bonds is 6. The molecule has 3 heterocycles. The molecule has 0 radical (unpaired) electrons. The Balaban J connectivity index is 1.27. The molecule has 6 heteroatoms. The highest BCUT2D eigenvalue weighted by atomic mass is 16.1. The van der Waals surface area contributed by atoms with Gasteiger partial charge >= 0.3 is 0 Å². The van der Waals surface area contributed by atoms with E-state index in [9.17, 15) is 4.79 Å². The van der Waals surface area contributed by atoms with Crippen LogP contribution in [0.5, 0.6) is 0 Å². The van der Waals surface area contributed by atoms with Crippen molar-refractivity contribution < 1.29 is 4.79 Å². The lowest BCUT2D eigenvalue weighted by Crippen LogP contribution is -2.43. The summed E-state index contributed by atoms with van der Waals surface area (Å²) >= 11 is 0. The number of para-hydroxylation sites is 1. The van der Waals surface area contributed by atoms with Gasteiger partial charge in [0.05, 0.1) is 17.8 Å². The molecule has 1 N–H and O–H groups in total. The van der Waals surface area contributed by atoms with Crippen LogP contribution < -0.4 is 10.2 Å². The van der Waals surface area contributed by atoms with Crippen LogP contribution >= 0.6 is 0 Å². The summed E-state index contributed by atoms with van der Waals surface area (Å²) in [5, 5.41) is 7.51. The van der Waals surface area contributed by atoms with Crippen molar-refractivity contribution in [3.63, 3.8) is 0 Å². The summed E-state index contributed by atoms with van der Waals surface area (Å²) in [6.45, 7) is 2.31. The molecule has 2 aromatic heterocycles. The van der Waals surface area contributed by atoms with E-state index in [1.807, 2.05) is 65.6 Å². The van der Waals surface area contributed by atoms with E-state index in [-0.39, 0.29) is 11.8 Å². The summed E-state index contributed by atoms with van der Waals surface area (Å²) in [5.41, 5.74) is 2.15. The molecule has 3 aromatic rings. The van der Waals surface area contributed by atoms with Gasteiger partial charge in [-0.15, -0.1) is 0 Å². The van der Waals surface area contributed by atoms with Crippen LogP contribution in [0.1, 0.15) is 18.4 Å². The van der Waals surface area contributed by atoms with Crippen molar-refractivity contribution in [2.24, 2.45) is 5.92 Å². The van der Waals surface area contributed by atoms with Gasteiger partial charge in [0.15, 0.2) is 0 Å². The van der Waals surface area contributed by atoms with Gasteiger partial charge in [0.25, 0.3) is 0 Å². The Bertz CT molecular complexity index is 894. The monoisotopic (exact) mass is 375 g/mol. The normalized spacial score (nSPS) is 16.7. The maximum atomic E-state index is 12.6. The predicted octanol–water partition coefficient (Wildman–Crippen LogP) is 2.84. The summed E-state index contributed by atoms with van der Waals surface area (Å²) in [4.78, 5) is 19.2. The number of nitrogens with zero attached hydrogens (tertiary/aromatic N) is 4. The summed E-state index contributed by atoms with van der Waals surface area (Å²) in [5.74, 6) is 1.10. The lowest BCUT2D eigenvalue weighted by Gasteiger charge is -2.32. The predicted molar refractivity (Wildman–Crippen MR) is 109 cm³/mol. The Morgan fingerprint density at radius 3 is 2.82 bits per heavy atom. The fourth-order valence-corrected chi connectivity index (χ4v) is 3.63. The third-order valence-corrected chi connectivity index (χ3v) is 5.14. The molecule has 1 aromatic carbocycles. The average molecular weight is 375 g/mol. The number of aromatic nitrogens is 3. The molecule has 1 amide bonds. The molecule has 1 saturated heterocycles. The third-order valence-electron chi connectivity index (χ3n) is 5.14. The number of benzene rings is 1. The highest BCUT2D eigenvalue weighted by Crippen LogP contribution is 2.21. The second-order valence-corrected chi connectivity index (χ2v) is 7.14. The zero-order valence-electron chi connectivity index (χ0n) is 15.9. The molecule has 1 unspecified atom stereocenters. The van der Waals surface area contributed by atoms with Crippen molar-refractivity contribution in [3.05, 3.63) is 72.7 Å². The van der Waals surface area contributed by atoms with E-state index in [0.29, 0.717) is 6.54 Å². The van der Waals surface area contributed by atoms with Crippen molar-refractivity contribution >= 4 is 11.7 Å². The molecule has 144 valence electrons. The summed E-state index contributed by atoms with van der Waals surface area (Å²) in [6, 6.07) is 15.9. The van der Waals surface area contributed by atoms with E-state index in [1.165, 1.54) is 0 Å². The molecule has 1 aliphatic heterocycles. The highest BCUT2D eigenvalue weighted by molar-refractivity contribution is 5.79. The van der Waals surface area contributed by atoms with Crippen molar-refractivity contribution in [1.29, 1.82) is 0 Å². The van der Waals surface area contributed by atoms with Gasteiger partial charge in [0.1, 0.15) is 5.82 Å². The standard InChI is InChI=1S/C22H25N5O/c28-22(19-7-6-14-26(17-19)21-10-4-5-12-23-21)24-13-11-18-15-25-27(16-18)20-8-2-1-3-9-20/h1-5,8-10,12,15-16,19H,6-7,11,13-14,17H2,(H,24,28). The Morgan fingerprint density at radius 1 is 1.14 bits per heavy atom. The lowest BCUT2D eigenvalue weighted by molar-refractivity contribution is -0.125. The minimum absolute atomic E-state index is 0.0165. The Kier molecular flexibility index (Phi) is 5.66. The molecule has 0 saturated carbocycles. The Hall–Kier alpha value is -3.15. The highest BCUT2D eigenvalue weighted by Gasteiger charge is 2.26. The number of carbonyl (C=O) groups is 1. The quantitative estimate of drug-likeness (QED) is 0.720. The number of nitrogens with one attached hydrogen (secondary N) is 1. The second-order valence-electron chi connectivity index (χ2n) is 7.14. The summed E-state index contributed by atoms with van der Waals surface area (Å²) < 4.78 is 1.86. The first-order valence-electron chi connectivity index (χ1n) is 9.82. The first kappa shape index (κ1) is 18.2.